The number of thioether (sulfide) groups is 2. The van der Waals surface area contributed by atoms with E-state index in [9.17, 15) is 136 Å². The van der Waals surface area contributed by atoms with Gasteiger partial charge in [0, 0.05) is 63.9 Å². The molecule has 16 atom stereocenters. The molecule has 55 nitrogen and oxygen atoms in total. The largest absolute Gasteiger partial charge is 0.481 e. The Bertz CT molecular complexity index is 4400. The summed E-state index contributed by atoms with van der Waals surface area (Å²) < 4.78 is 0. The topological polar surface area (TPSA) is 941 Å². The predicted octanol–water partition coefficient (Wildman–Crippen LogP) is -10.2. The summed E-state index contributed by atoms with van der Waals surface area (Å²) in [6, 6.07) is -20.0. The lowest BCUT2D eigenvalue weighted by molar-refractivity contribution is -0.142. The number of carboxylic acid groups (broad SMARTS) is 5. The number of carbonyl (C=O) groups excluding carboxylic acids is 17. The van der Waals surface area contributed by atoms with Crippen molar-refractivity contribution in [2.75, 3.05) is 56.0 Å². The van der Waals surface area contributed by atoms with Crippen LogP contribution >= 0.6 is 36.2 Å². The number of aliphatic hydroxyl groups excluding tert-OH is 1. The molecule has 0 spiro atoms. The number of amides is 17. The lowest BCUT2D eigenvalue weighted by Crippen LogP contribution is -2.61. The molecule has 0 saturated heterocycles. The molecule has 58 heteroatoms. The van der Waals surface area contributed by atoms with Crippen molar-refractivity contribution >= 4 is 184 Å². The molecule has 0 heterocycles. The fourth-order valence-electron chi connectivity index (χ4n) is 12.7. The summed E-state index contributed by atoms with van der Waals surface area (Å²) >= 11 is 6.26. The number of benzene rings is 1. The number of aliphatic hydroxyl groups is 1. The summed E-state index contributed by atoms with van der Waals surface area (Å²) in [7, 11) is 0. The van der Waals surface area contributed by atoms with Gasteiger partial charge in [-0.3, -0.25) is 122 Å². The maximum Gasteiger partial charge on any atom is 0.325 e. The zero-order chi connectivity index (χ0) is 105. The van der Waals surface area contributed by atoms with E-state index in [1.165, 1.54) is 25.6 Å². The molecular formula is C81H133N27O28S3. The maximum absolute atomic E-state index is 14.7. The number of guanidine groups is 3. The second-order valence-electron chi connectivity index (χ2n) is 32.1. The number of hydrogen-bond donors (Lipinski definition) is 34. The normalized spacial score (nSPS) is 14.4. The molecule has 17 amide bonds. The van der Waals surface area contributed by atoms with E-state index in [1.54, 1.807) is 42.8 Å². The van der Waals surface area contributed by atoms with Crippen LogP contribution in [0.2, 0.25) is 0 Å². The zero-order valence-corrected chi connectivity index (χ0v) is 79.9. The summed E-state index contributed by atoms with van der Waals surface area (Å²) in [6.07, 6.45) is -7.82. The second-order valence-corrected chi connectivity index (χ2v) is 34.5. The van der Waals surface area contributed by atoms with Crippen LogP contribution in [0.15, 0.2) is 30.3 Å². The van der Waals surface area contributed by atoms with Gasteiger partial charge >= 0.3 is 29.8 Å². The fourth-order valence-corrected chi connectivity index (χ4v) is 13.9. The van der Waals surface area contributed by atoms with Gasteiger partial charge in [0.25, 0.3) is 0 Å². The van der Waals surface area contributed by atoms with Gasteiger partial charge in [0.15, 0.2) is 17.9 Å². The third kappa shape index (κ3) is 52.5. The van der Waals surface area contributed by atoms with Crippen molar-refractivity contribution in [2.45, 2.75) is 252 Å². The highest BCUT2D eigenvalue weighted by Crippen LogP contribution is 2.16. The number of nitrogens with two attached hydrogens (primary N) is 6. The van der Waals surface area contributed by atoms with Crippen molar-refractivity contribution in [2.24, 2.45) is 40.3 Å². The highest BCUT2D eigenvalue weighted by molar-refractivity contribution is 7.98. The summed E-state index contributed by atoms with van der Waals surface area (Å²) in [5.74, 6) is -29.7. The number of rotatable bonds is 72. The maximum atomic E-state index is 14.7. The summed E-state index contributed by atoms with van der Waals surface area (Å²) in [4.78, 5) is 299. The van der Waals surface area contributed by atoms with Gasteiger partial charge in [0.05, 0.1) is 19.1 Å². The average Bonchev–Trinajstić information content (AvgIpc) is 0.728. The molecule has 0 unspecified atom stereocenters. The summed E-state index contributed by atoms with van der Waals surface area (Å²) in [5, 5.41) is 124. The Hall–Kier alpha value is -13.7. The number of thiol groups is 1. The van der Waals surface area contributed by atoms with Crippen molar-refractivity contribution in [3.8, 4) is 0 Å². The molecule has 139 heavy (non-hydrogen) atoms. The smallest absolute Gasteiger partial charge is 0.325 e. The van der Waals surface area contributed by atoms with Crippen LogP contribution in [0.25, 0.3) is 0 Å². The van der Waals surface area contributed by atoms with Gasteiger partial charge in [0.1, 0.15) is 90.6 Å². The van der Waals surface area contributed by atoms with Crippen molar-refractivity contribution in [3.63, 3.8) is 0 Å². The molecule has 0 aliphatic rings. The van der Waals surface area contributed by atoms with Gasteiger partial charge in [0.2, 0.25) is 100 Å². The molecular weight excluding hydrogens is 1900 g/mol. The molecule has 0 aliphatic carbocycles. The van der Waals surface area contributed by atoms with Gasteiger partial charge in [-0.15, -0.1) is 0 Å². The van der Waals surface area contributed by atoms with Crippen molar-refractivity contribution < 1.29 is 136 Å². The minimum absolute atomic E-state index is 0.00357. The molecule has 778 valence electrons. The third-order valence-electron chi connectivity index (χ3n) is 20.1. The van der Waals surface area contributed by atoms with Gasteiger partial charge in [-0.05, 0) is 132 Å². The standard InChI is InChI=1S/C81H133N27O28S3/c1-39(2)34-53(74(131)100-48(19-24-60(114)115)68(125)99-47(18-23-59(112)113)69(126)103-51(27-32-138-4)73(130)98-46(17-22-57(83)110)67(124)96-44(15-10-30-92-80(87)88)65(122)95-43(14-9-29-91-79(85)86)64(121)94-40(3)78(135)136)105-70(127)49(20-25-61(116)117)101-76(133)55(36-58(84)111)107-66(123)45(16-11-31-93-81(89)90)97-72(129)52(28-33-139-5)104-75(132)54(35-41-12-7-6-8-13-41)106-71(128)50(21-26-62(118)119)102-77(134)56(37-109)108-63(120)42(82)38-137/h6-8,12-13,39-40,42-56,109,137H,9-11,14-38,82H2,1-5H3,(H2,83,110)(H2,84,111)(H,94,121)(H,95,122)(H,96,124)(H,97,129)(H,98,130)(H,99,125)(H,100,131)(H,101,133)(H,102,134)(H,103,126)(H,104,132)(H,105,127)(H,106,128)(H,107,123)(H,108,120)(H,112,113)(H,114,115)(H,116,117)(H,118,119)(H,135,136)(H4,85,86,91)(H4,87,88,92)(H4,89,90,93)/t40-,42-,43-,44-,45-,46-,47-,48-,49-,50-,51-,52-,53-,54-,55-,56-/m0/s1. The van der Waals surface area contributed by atoms with Crippen LogP contribution in [0.5, 0.6) is 0 Å². The van der Waals surface area contributed by atoms with E-state index in [0.29, 0.717) is 5.56 Å². The first-order chi connectivity index (χ1) is 65.4. The Morgan fingerprint density at radius 2 is 0.597 bits per heavy atom. The van der Waals surface area contributed by atoms with Crippen LogP contribution < -0.4 is 130 Å². The van der Waals surface area contributed by atoms with Gasteiger partial charge < -0.3 is 161 Å². The fraction of sp³-hybridized carbons (Fsp3) is 0.617. The van der Waals surface area contributed by atoms with Crippen LogP contribution in [0.1, 0.15) is 155 Å². The monoisotopic (exact) mass is 2030 g/mol. The summed E-state index contributed by atoms with van der Waals surface area (Å²) in [6.45, 7) is 2.97. The molecule has 39 N–H and O–H groups in total. The molecule has 0 aliphatic heterocycles. The minimum Gasteiger partial charge on any atom is -0.481 e. The number of aliphatic carboxylic acids is 5. The molecule has 0 bridgehead atoms. The van der Waals surface area contributed by atoms with Crippen LogP contribution in [0, 0.1) is 22.1 Å². The Morgan fingerprint density at radius 1 is 0.338 bits per heavy atom. The van der Waals surface area contributed by atoms with Gasteiger partial charge in [-0.25, -0.2) is 0 Å². The Kier molecular flexibility index (Phi) is 59.2. The SMILES string of the molecule is CSCC[C@H](NC(=O)[C@H](CCC(=O)O)NC(=O)[C@H](CCC(=O)O)NC(=O)[C@H](CC(C)C)NC(=O)[C@H](CCC(=O)O)NC(=O)[C@H](CC(N)=O)NC(=O)[C@H](CCCNC(=N)N)NC(=O)[C@H](CCSC)NC(=O)[C@H](Cc1ccccc1)NC(=O)[C@H](CCC(=O)O)NC(=O)[C@H](CO)NC(=O)[C@@H](N)CS)C(=O)N[C@@H](CCC(N)=O)C(=O)N[C@@H](CCCNC(=N)N)C(=O)N[C@@H](CCCNC(=N)N)C(=O)N[C@@H](C)C(=O)O. The average molecular weight is 2030 g/mol. The van der Waals surface area contributed by atoms with Crippen molar-refractivity contribution in [3.05, 3.63) is 35.9 Å². The number of primary amides is 2. The first-order valence-electron chi connectivity index (χ1n) is 43.8. The first-order valence-corrected chi connectivity index (χ1v) is 47.2. The predicted molar refractivity (Wildman–Crippen MR) is 504 cm³/mol. The van der Waals surface area contributed by atoms with Crippen LogP contribution in [-0.2, 0) is 112 Å². The van der Waals surface area contributed by atoms with E-state index in [-0.39, 0.29) is 94.7 Å². The Labute approximate surface area is 813 Å². The lowest BCUT2D eigenvalue weighted by Gasteiger charge is -2.29. The van der Waals surface area contributed by atoms with E-state index in [2.05, 4.69) is 108 Å². The molecule has 1 rings (SSSR count). The lowest BCUT2D eigenvalue weighted by atomic mass is 10.0. The highest BCUT2D eigenvalue weighted by atomic mass is 32.2. The number of nitrogens with one attached hydrogen (secondary N) is 21. The van der Waals surface area contributed by atoms with E-state index in [0.717, 1.165) is 18.7 Å². The van der Waals surface area contributed by atoms with E-state index in [4.69, 9.17) is 50.6 Å². The molecule has 0 aromatic heterocycles. The summed E-state index contributed by atoms with van der Waals surface area (Å²) in [5.41, 5.74) is 33.5. The third-order valence-corrected chi connectivity index (χ3v) is 21.8. The molecule has 0 fully saturated rings. The van der Waals surface area contributed by atoms with E-state index >= 15 is 0 Å². The van der Waals surface area contributed by atoms with E-state index < -0.39 is 334 Å². The van der Waals surface area contributed by atoms with E-state index in [1.807, 2.05) is 0 Å². The van der Waals surface area contributed by atoms with Crippen molar-refractivity contribution in [1.29, 1.82) is 16.2 Å². The van der Waals surface area contributed by atoms with Crippen LogP contribution in [-0.4, -0.2) is 331 Å². The van der Waals surface area contributed by atoms with Gasteiger partial charge in [-0.2, -0.15) is 36.2 Å². The highest BCUT2D eigenvalue weighted by Gasteiger charge is 2.40. The molecule has 0 radical (unpaired) electrons. The molecule has 1 aromatic carbocycles. The number of hydrogen-bond acceptors (Lipinski definition) is 30. The quantitative estimate of drug-likeness (QED) is 0.0125. The Balaban J connectivity index is 3.96. The van der Waals surface area contributed by atoms with Crippen LogP contribution in [0.4, 0.5) is 0 Å². The van der Waals surface area contributed by atoms with Crippen LogP contribution in [0.3, 0.4) is 0 Å². The van der Waals surface area contributed by atoms with Gasteiger partial charge in [-0.1, -0.05) is 44.2 Å². The number of carbonyl (C=O) groups is 22. The number of carboxylic acids is 5. The molecule has 0 saturated carbocycles. The Morgan fingerprint density at radius 3 is 0.878 bits per heavy atom. The zero-order valence-electron chi connectivity index (χ0n) is 77.4. The first kappa shape index (κ1) is 123. The van der Waals surface area contributed by atoms with Crippen molar-refractivity contribution in [1.82, 2.24) is 95.7 Å². The minimum atomic E-state index is -2.12. The second kappa shape index (κ2) is 66.7. The molecule has 1 aromatic rings.